The number of hydrogen-bond donors (Lipinski definition) is 1. The molecule has 1 aromatic rings. The van der Waals surface area contributed by atoms with Gasteiger partial charge in [0.2, 0.25) is 0 Å². The van der Waals surface area contributed by atoms with E-state index in [0.29, 0.717) is 13.2 Å². The third-order valence-electron chi connectivity index (χ3n) is 3.44. The number of aliphatic hydroxyl groups excluding tert-OH is 1. The summed E-state index contributed by atoms with van der Waals surface area (Å²) in [7, 11) is 0. The quantitative estimate of drug-likeness (QED) is 0.764. The molecule has 0 bridgehead atoms. The van der Waals surface area contributed by atoms with Gasteiger partial charge >= 0.3 is 0 Å². The largest absolute Gasteiger partial charge is 0.491 e. The molecule has 1 atom stereocenters. The molecule has 1 aliphatic heterocycles. The van der Waals surface area contributed by atoms with Crippen LogP contribution in [0.5, 0.6) is 5.75 Å². The molecule has 19 heavy (non-hydrogen) atoms. The minimum Gasteiger partial charge on any atom is -0.491 e. The van der Waals surface area contributed by atoms with Crippen LogP contribution in [-0.4, -0.2) is 42.4 Å². The predicted octanol–water partition coefficient (Wildman–Crippen LogP) is 2.25. The summed E-state index contributed by atoms with van der Waals surface area (Å²) >= 11 is 0. The van der Waals surface area contributed by atoms with Crippen molar-refractivity contribution in [3.05, 3.63) is 42.5 Å². The van der Waals surface area contributed by atoms with Crippen molar-refractivity contribution in [2.24, 2.45) is 0 Å². The Morgan fingerprint density at radius 2 is 2.05 bits per heavy atom. The highest BCUT2D eigenvalue weighted by Gasteiger charge is 2.16. The molecule has 1 fully saturated rings. The molecule has 0 aliphatic carbocycles. The van der Waals surface area contributed by atoms with Crippen LogP contribution in [0, 0.1) is 0 Å². The molecule has 0 saturated carbocycles. The zero-order valence-corrected chi connectivity index (χ0v) is 11.4. The van der Waals surface area contributed by atoms with E-state index in [4.69, 9.17) is 4.74 Å². The maximum absolute atomic E-state index is 10.0. The molecule has 3 nitrogen and oxygen atoms in total. The summed E-state index contributed by atoms with van der Waals surface area (Å²) in [5.41, 5.74) is 1.12. The molecule has 0 amide bonds. The van der Waals surface area contributed by atoms with Crippen LogP contribution >= 0.6 is 0 Å². The molecule has 0 aromatic heterocycles. The van der Waals surface area contributed by atoms with Gasteiger partial charge in [-0.3, -0.25) is 0 Å². The van der Waals surface area contributed by atoms with Crippen molar-refractivity contribution in [3.8, 4) is 5.75 Å². The third kappa shape index (κ3) is 4.37. The van der Waals surface area contributed by atoms with Crippen molar-refractivity contribution in [3.63, 3.8) is 0 Å². The van der Waals surface area contributed by atoms with Crippen LogP contribution in [0.15, 0.2) is 36.9 Å². The van der Waals surface area contributed by atoms with Gasteiger partial charge < -0.3 is 14.7 Å². The second kappa shape index (κ2) is 7.31. The van der Waals surface area contributed by atoms with Crippen molar-refractivity contribution >= 4 is 0 Å². The summed E-state index contributed by atoms with van der Waals surface area (Å²) in [6.45, 7) is 7.02. The molecule has 1 unspecified atom stereocenters. The number of benzene rings is 1. The summed E-state index contributed by atoms with van der Waals surface area (Å²) in [6.07, 6.45) is 4.72. The number of likely N-dealkylation sites (tertiary alicyclic amines) is 1. The predicted molar refractivity (Wildman–Crippen MR) is 77.5 cm³/mol. The molecule has 3 heteroatoms. The van der Waals surface area contributed by atoms with Crippen LogP contribution in [0.2, 0.25) is 0 Å². The number of β-amino-alcohol motifs (C(OH)–C–C–N with tert-alkyl or cyclic N) is 1. The van der Waals surface area contributed by atoms with Crippen molar-refractivity contribution < 1.29 is 9.84 Å². The van der Waals surface area contributed by atoms with E-state index in [9.17, 15) is 5.11 Å². The van der Waals surface area contributed by atoms with Crippen molar-refractivity contribution in [2.45, 2.75) is 25.4 Å². The first kappa shape index (κ1) is 14.1. The minimum absolute atomic E-state index is 0.352. The zero-order chi connectivity index (χ0) is 13.5. The average molecular weight is 261 g/mol. The average Bonchev–Trinajstić information content (AvgIpc) is 2.91. The molecule has 1 aromatic carbocycles. The Hall–Kier alpha value is -1.32. The molecule has 2 rings (SSSR count). The lowest BCUT2D eigenvalue weighted by molar-refractivity contribution is 0.0755. The monoisotopic (exact) mass is 261 g/mol. The van der Waals surface area contributed by atoms with Crippen molar-refractivity contribution in [1.82, 2.24) is 4.90 Å². The SMILES string of the molecule is C=CCc1ccccc1OCC(O)CN1CCCC1. The highest BCUT2D eigenvalue weighted by molar-refractivity contribution is 5.34. The molecule has 0 radical (unpaired) electrons. The zero-order valence-electron chi connectivity index (χ0n) is 11.4. The Morgan fingerprint density at radius 1 is 1.32 bits per heavy atom. The van der Waals surface area contributed by atoms with E-state index >= 15 is 0 Å². The van der Waals surface area contributed by atoms with Gasteiger partial charge in [0.1, 0.15) is 18.5 Å². The molecule has 1 aliphatic rings. The van der Waals surface area contributed by atoms with Crippen LogP contribution in [0.25, 0.3) is 0 Å². The summed E-state index contributed by atoms with van der Waals surface area (Å²) in [5, 5.41) is 10.0. The lowest BCUT2D eigenvalue weighted by Gasteiger charge is -2.20. The van der Waals surface area contributed by atoms with E-state index in [0.717, 1.165) is 30.8 Å². The molecule has 1 N–H and O–H groups in total. The highest BCUT2D eigenvalue weighted by atomic mass is 16.5. The van der Waals surface area contributed by atoms with Crippen LogP contribution in [-0.2, 0) is 6.42 Å². The van der Waals surface area contributed by atoms with E-state index in [-0.39, 0.29) is 0 Å². The van der Waals surface area contributed by atoms with Crippen molar-refractivity contribution in [2.75, 3.05) is 26.2 Å². The van der Waals surface area contributed by atoms with E-state index < -0.39 is 6.10 Å². The molecule has 1 saturated heterocycles. The summed E-state index contributed by atoms with van der Waals surface area (Å²) in [4.78, 5) is 2.30. The van der Waals surface area contributed by atoms with Gasteiger partial charge in [-0.1, -0.05) is 24.3 Å². The molecular weight excluding hydrogens is 238 g/mol. The molecule has 1 heterocycles. The van der Waals surface area contributed by atoms with Crippen LogP contribution in [0.4, 0.5) is 0 Å². The number of aliphatic hydroxyl groups is 1. The first-order valence-corrected chi connectivity index (χ1v) is 7.01. The lowest BCUT2D eigenvalue weighted by Crippen LogP contribution is -2.33. The second-order valence-electron chi connectivity index (χ2n) is 5.07. The number of allylic oxidation sites excluding steroid dienone is 1. The van der Waals surface area contributed by atoms with Crippen LogP contribution in [0.1, 0.15) is 18.4 Å². The number of rotatable bonds is 7. The Bertz CT molecular complexity index is 399. The number of hydrogen-bond acceptors (Lipinski definition) is 3. The maximum Gasteiger partial charge on any atom is 0.122 e. The van der Waals surface area contributed by atoms with Gasteiger partial charge in [0.05, 0.1) is 0 Å². The van der Waals surface area contributed by atoms with Crippen molar-refractivity contribution in [1.29, 1.82) is 0 Å². The fourth-order valence-electron chi connectivity index (χ4n) is 2.47. The minimum atomic E-state index is -0.421. The molecule has 0 spiro atoms. The fourth-order valence-corrected chi connectivity index (χ4v) is 2.47. The molecule has 104 valence electrons. The Balaban J connectivity index is 1.82. The van der Waals surface area contributed by atoms with Gasteiger partial charge in [-0.2, -0.15) is 0 Å². The third-order valence-corrected chi connectivity index (χ3v) is 3.44. The standard InChI is InChI=1S/C16H23NO2/c1-2-7-14-8-3-4-9-16(14)19-13-15(18)12-17-10-5-6-11-17/h2-4,8-9,15,18H,1,5-7,10-13H2. The smallest absolute Gasteiger partial charge is 0.122 e. The molecular formula is C16H23NO2. The lowest BCUT2D eigenvalue weighted by atomic mass is 10.1. The fraction of sp³-hybridized carbons (Fsp3) is 0.500. The van der Waals surface area contributed by atoms with E-state index in [1.165, 1.54) is 12.8 Å². The van der Waals surface area contributed by atoms with E-state index in [2.05, 4.69) is 11.5 Å². The van der Waals surface area contributed by atoms with Gasteiger partial charge in [-0.15, -0.1) is 6.58 Å². The Morgan fingerprint density at radius 3 is 2.79 bits per heavy atom. The van der Waals surface area contributed by atoms with Gasteiger partial charge in [-0.05, 0) is 44.0 Å². The van der Waals surface area contributed by atoms with E-state index in [1.54, 1.807) is 0 Å². The summed E-state index contributed by atoms with van der Waals surface area (Å²) in [5.74, 6) is 0.850. The van der Waals surface area contributed by atoms with Gasteiger partial charge in [-0.25, -0.2) is 0 Å². The first-order valence-electron chi connectivity index (χ1n) is 7.01. The number of nitrogens with zero attached hydrogens (tertiary/aromatic N) is 1. The number of ether oxygens (including phenoxy) is 1. The normalized spacial score (nSPS) is 17.3. The van der Waals surface area contributed by atoms with Gasteiger partial charge in [0.15, 0.2) is 0 Å². The van der Waals surface area contributed by atoms with Crippen LogP contribution < -0.4 is 4.74 Å². The Labute approximate surface area is 115 Å². The topological polar surface area (TPSA) is 32.7 Å². The first-order chi connectivity index (χ1) is 9.29. The Kier molecular flexibility index (Phi) is 5.43. The number of para-hydroxylation sites is 1. The van der Waals surface area contributed by atoms with Crippen LogP contribution in [0.3, 0.4) is 0 Å². The summed E-state index contributed by atoms with van der Waals surface area (Å²) < 4.78 is 5.74. The summed E-state index contributed by atoms with van der Waals surface area (Å²) in [6, 6.07) is 7.92. The van der Waals surface area contributed by atoms with Gasteiger partial charge in [0.25, 0.3) is 0 Å². The second-order valence-corrected chi connectivity index (χ2v) is 5.07. The maximum atomic E-state index is 10.0. The highest BCUT2D eigenvalue weighted by Crippen LogP contribution is 2.19. The van der Waals surface area contributed by atoms with E-state index in [1.807, 2.05) is 30.3 Å². The van der Waals surface area contributed by atoms with Gasteiger partial charge in [0, 0.05) is 6.54 Å².